The molecule has 0 unspecified atom stereocenters. The van der Waals surface area contributed by atoms with E-state index < -0.39 is 0 Å². The molecule has 110 valence electrons. The molecule has 2 N–H and O–H groups in total. The molecule has 0 spiro atoms. The van der Waals surface area contributed by atoms with Crippen molar-refractivity contribution in [3.63, 3.8) is 0 Å². The lowest BCUT2D eigenvalue weighted by molar-refractivity contribution is 0.415. The zero-order chi connectivity index (χ0) is 14.8. The minimum absolute atomic E-state index is 0.676. The van der Waals surface area contributed by atoms with E-state index in [2.05, 4.69) is 28.8 Å². The van der Waals surface area contributed by atoms with Crippen molar-refractivity contribution in [3.05, 3.63) is 36.4 Å². The van der Waals surface area contributed by atoms with Gasteiger partial charge in [-0.3, -0.25) is 0 Å². The second-order valence-electron chi connectivity index (χ2n) is 5.06. The van der Waals surface area contributed by atoms with Crippen LogP contribution in [-0.4, -0.2) is 25.3 Å². The number of methoxy groups -OCH3 is 2. The van der Waals surface area contributed by atoms with Gasteiger partial charge in [0.25, 0.3) is 0 Å². The molecule has 0 saturated heterocycles. The molecule has 0 bridgehead atoms. The summed E-state index contributed by atoms with van der Waals surface area (Å²) >= 11 is 0. The standard InChI is InChI=1S/C17H20N2O2/c1-20-12-4-6-14-15-7-5-13(21-2)11-17(15)19(9-3-8-18)16(14)10-12/h4-7,10-11H,3,8-9,18H2,1-2H3. The van der Waals surface area contributed by atoms with Crippen molar-refractivity contribution in [3.8, 4) is 11.5 Å². The Morgan fingerprint density at radius 3 is 1.86 bits per heavy atom. The molecule has 0 aliphatic rings. The minimum atomic E-state index is 0.676. The number of hydrogen-bond acceptors (Lipinski definition) is 3. The first kappa shape index (κ1) is 13.8. The predicted octanol–water partition coefficient (Wildman–Crippen LogP) is 3.16. The third kappa shape index (κ3) is 2.32. The maximum atomic E-state index is 5.68. The van der Waals surface area contributed by atoms with E-state index in [-0.39, 0.29) is 0 Å². The van der Waals surface area contributed by atoms with Crippen LogP contribution >= 0.6 is 0 Å². The van der Waals surface area contributed by atoms with Gasteiger partial charge in [0.2, 0.25) is 0 Å². The van der Waals surface area contributed by atoms with Crippen molar-refractivity contribution < 1.29 is 9.47 Å². The Hall–Kier alpha value is -2.20. The van der Waals surface area contributed by atoms with Crippen LogP contribution in [0.2, 0.25) is 0 Å². The van der Waals surface area contributed by atoms with Gasteiger partial charge < -0.3 is 19.8 Å². The van der Waals surface area contributed by atoms with Crippen molar-refractivity contribution in [2.24, 2.45) is 5.73 Å². The van der Waals surface area contributed by atoms with Gasteiger partial charge in [0.15, 0.2) is 0 Å². The van der Waals surface area contributed by atoms with Crippen LogP contribution in [0.25, 0.3) is 21.8 Å². The second kappa shape index (κ2) is 5.66. The average molecular weight is 284 g/mol. The average Bonchev–Trinajstić information content (AvgIpc) is 2.84. The SMILES string of the molecule is COc1ccc2c3ccc(OC)cc3n(CCCN)c2c1. The molecule has 1 aromatic heterocycles. The van der Waals surface area contributed by atoms with E-state index in [9.17, 15) is 0 Å². The largest absolute Gasteiger partial charge is 0.497 e. The third-order valence-corrected chi connectivity index (χ3v) is 3.87. The monoisotopic (exact) mass is 284 g/mol. The van der Waals surface area contributed by atoms with Crippen LogP contribution in [0.5, 0.6) is 11.5 Å². The molecule has 2 aromatic carbocycles. The Bertz CT molecular complexity index is 716. The van der Waals surface area contributed by atoms with Gasteiger partial charge in [-0.05, 0) is 37.2 Å². The summed E-state index contributed by atoms with van der Waals surface area (Å²) in [6, 6.07) is 12.4. The molecule has 0 saturated carbocycles. The molecule has 0 atom stereocenters. The summed E-state index contributed by atoms with van der Waals surface area (Å²) in [5.41, 5.74) is 8.03. The maximum Gasteiger partial charge on any atom is 0.120 e. The number of fused-ring (bicyclic) bond motifs is 3. The Kier molecular flexibility index (Phi) is 3.71. The topological polar surface area (TPSA) is 49.4 Å². The fraction of sp³-hybridized carbons (Fsp3) is 0.294. The van der Waals surface area contributed by atoms with Crippen LogP contribution in [0.4, 0.5) is 0 Å². The molecule has 21 heavy (non-hydrogen) atoms. The summed E-state index contributed by atoms with van der Waals surface area (Å²) in [5, 5.41) is 2.45. The molecule has 0 radical (unpaired) electrons. The zero-order valence-corrected chi connectivity index (χ0v) is 12.4. The lowest BCUT2D eigenvalue weighted by atomic mass is 10.1. The van der Waals surface area contributed by atoms with E-state index in [1.807, 2.05) is 12.1 Å². The number of rotatable bonds is 5. The van der Waals surface area contributed by atoms with Crippen LogP contribution in [0, 0.1) is 0 Å². The van der Waals surface area contributed by atoms with Gasteiger partial charge in [-0.1, -0.05) is 0 Å². The van der Waals surface area contributed by atoms with Crippen molar-refractivity contribution in [1.82, 2.24) is 4.57 Å². The molecular formula is C17H20N2O2. The fourth-order valence-corrected chi connectivity index (χ4v) is 2.80. The van der Waals surface area contributed by atoms with Crippen LogP contribution in [0.3, 0.4) is 0 Å². The summed E-state index contributed by atoms with van der Waals surface area (Å²) in [6.45, 7) is 1.56. The Labute approximate surface area is 124 Å². The normalized spacial score (nSPS) is 11.2. The van der Waals surface area contributed by atoms with E-state index >= 15 is 0 Å². The molecule has 1 heterocycles. The zero-order valence-electron chi connectivity index (χ0n) is 12.4. The number of aromatic nitrogens is 1. The highest BCUT2D eigenvalue weighted by Crippen LogP contribution is 2.33. The van der Waals surface area contributed by atoms with Crippen LogP contribution in [0.15, 0.2) is 36.4 Å². The van der Waals surface area contributed by atoms with E-state index in [1.165, 1.54) is 21.8 Å². The van der Waals surface area contributed by atoms with Gasteiger partial charge in [0.05, 0.1) is 25.3 Å². The molecule has 0 aliphatic carbocycles. The van der Waals surface area contributed by atoms with E-state index in [0.717, 1.165) is 24.5 Å². The number of aryl methyl sites for hydroxylation is 1. The molecular weight excluding hydrogens is 264 g/mol. The summed E-state index contributed by atoms with van der Waals surface area (Å²) in [4.78, 5) is 0. The lowest BCUT2D eigenvalue weighted by Gasteiger charge is -2.08. The van der Waals surface area contributed by atoms with Gasteiger partial charge in [0, 0.05) is 29.4 Å². The van der Waals surface area contributed by atoms with Crippen molar-refractivity contribution in [2.75, 3.05) is 20.8 Å². The van der Waals surface area contributed by atoms with Crippen molar-refractivity contribution in [2.45, 2.75) is 13.0 Å². The molecule has 0 aliphatic heterocycles. The fourth-order valence-electron chi connectivity index (χ4n) is 2.80. The molecule has 4 nitrogen and oxygen atoms in total. The van der Waals surface area contributed by atoms with E-state index in [4.69, 9.17) is 15.2 Å². The first-order valence-electron chi connectivity index (χ1n) is 7.12. The molecule has 3 aromatic rings. The summed E-state index contributed by atoms with van der Waals surface area (Å²) in [7, 11) is 3.38. The Morgan fingerprint density at radius 2 is 1.43 bits per heavy atom. The van der Waals surface area contributed by atoms with E-state index in [1.54, 1.807) is 14.2 Å². The van der Waals surface area contributed by atoms with Crippen molar-refractivity contribution in [1.29, 1.82) is 0 Å². The summed E-state index contributed by atoms with van der Waals surface area (Å²) in [5.74, 6) is 1.73. The number of nitrogens with two attached hydrogens (primary N) is 1. The predicted molar refractivity (Wildman–Crippen MR) is 86.2 cm³/mol. The first-order chi connectivity index (χ1) is 10.3. The Balaban J connectivity index is 2.31. The molecule has 0 fully saturated rings. The van der Waals surface area contributed by atoms with Crippen LogP contribution < -0.4 is 15.2 Å². The molecule has 3 rings (SSSR count). The quantitative estimate of drug-likeness (QED) is 0.783. The molecule has 0 amide bonds. The van der Waals surface area contributed by atoms with Gasteiger partial charge >= 0.3 is 0 Å². The van der Waals surface area contributed by atoms with Crippen LogP contribution in [0.1, 0.15) is 6.42 Å². The highest BCUT2D eigenvalue weighted by molar-refractivity contribution is 6.08. The van der Waals surface area contributed by atoms with Gasteiger partial charge in [-0.15, -0.1) is 0 Å². The number of ether oxygens (including phenoxy) is 2. The van der Waals surface area contributed by atoms with E-state index in [0.29, 0.717) is 6.54 Å². The third-order valence-electron chi connectivity index (χ3n) is 3.87. The molecule has 4 heteroatoms. The number of benzene rings is 2. The van der Waals surface area contributed by atoms with Crippen LogP contribution in [-0.2, 0) is 6.54 Å². The number of nitrogens with zero attached hydrogens (tertiary/aromatic N) is 1. The van der Waals surface area contributed by atoms with Gasteiger partial charge in [0.1, 0.15) is 11.5 Å². The van der Waals surface area contributed by atoms with Gasteiger partial charge in [-0.25, -0.2) is 0 Å². The minimum Gasteiger partial charge on any atom is -0.497 e. The maximum absolute atomic E-state index is 5.68. The Morgan fingerprint density at radius 1 is 0.905 bits per heavy atom. The number of hydrogen-bond donors (Lipinski definition) is 1. The summed E-state index contributed by atoms with van der Waals surface area (Å²) in [6.07, 6.45) is 0.938. The highest BCUT2D eigenvalue weighted by Gasteiger charge is 2.12. The lowest BCUT2D eigenvalue weighted by Crippen LogP contribution is -2.05. The first-order valence-corrected chi connectivity index (χ1v) is 7.12. The van der Waals surface area contributed by atoms with Gasteiger partial charge in [-0.2, -0.15) is 0 Å². The smallest absolute Gasteiger partial charge is 0.120 e. The second-order valence-corrected chi connectivity index (χ2v) is 5.06. The highest BCUT2D eigenvalue weighted by atomic mass is 16.5. The van der Waals surface area contributed by atoms with Crippen molar-refractivity contribution >= 4 is 21.8 Å². The summed E-state index contributed by atoms with van der Waals surface area (Å²) < 4.78 is 13.0.